The zero-order chi connectivity index (χ0) is 52.2. The third kappa shape index (κ3) is 57.1. The first-order chi connectivity index (χ1) is 35.5. The van der Waals surface area contributed by atoms with Crippen molar-refractivity contribution in [1.29, 1.82) is 0 Å². The molecule has 0 spiro atoms. The Morgan fingerprint density at radius 2 is 0.694 bits per heavy atom. The van der Waals surface area contributed by atoms with Crippen molar-refractivity contribution < 1.29 is 24.5 Å². The molecule has 1 amide bonds. The van der Waals surface area contributed by atoms with Gasteiger partial charge in [0.2, 0.25) is 5.91 Å². The number of hydrogen-bond donors (Lipinski definition) is 3. The molecule has 0 bridgehead atoms. The van der Waals surface area contributed by atoms with Crippen LogP contribution in [0.15, 0.2) is 48.6 Å². The Kier molecular flexibility index (Phi) is 59.5. The Bertz CT molecular complexity index is 1210. The first-order valence-corrected chi connectivity index (χ1v) is 31.9. The number of unbranched alkanes of at least 4 members (excludes halogenated alkanes) is 42. The van der Waals surface area contributed by atoms with Gasteiger partial charge in [-0.3, -0.25) is 9.59 Å². The number of carbonyl (C=O) groups is 2. The zero-order valence-electron chi connectivity index (χ0n) is 48.2. The second-order valence-electron chi connectivity index (χ2n) is 21.7. The number of amides is 1. The highest BCUT2D eigenvalue weighted by atomic mass is 16.5. The van der Waals surface area contributed by atoms with Gasteiger partial charge in [-0.05, 0) is 89.9 Å². The quantitative estimate of drug-likeness (QED) is 0.0320. The highest BCUT2D eigenvalue weighted by Gasteiger charge is 2.18. The minimum absolute atomic E-state index is 0.000681. The molecule has 0 rings (SSSR count). The summed E-state index contributed by atoms with van der Waals surface area (Å²) in [5, 5.41) is 23.1. The average Bonchev–Trinajstić information content (AvgIpc) is 3.38. The summed E-state index contributed by atoms with van der Waals surface area (Å²) in [5.41, 5.74) is 0. The standard InChI is InChI=1S/C66H123NO5/c1-3-5-7-9-11-13-15-17-31-35-38-42-46-50-54-58-64(69)63(62-68)67-65(70)59-55-51-47-43-39-36-32-29-27-25-23-21-19-18-20-22-24-26-28-30-33-37-41-45-49-53-57-61-72-66(71)60-56-52-48-44-40-34-16-14-12-10-8-6-4-2/h14,16,18-19,22,24,54,58,63-64,68-69H,3-13,15,17,20-21,23,25-53,55-57,59-62H2,1-2H3,(H,67,70)/b16-14-,19-18-,24-22-,58-54+. The van der Waals surface area contributed by atoms with E-state index in [2.05, 4.69) is 55.6 Å². The fourth-order valence-corrected chi connectivity index (χ4v) is 9.66. The van der Waals surface area contributed by atoms with E-state index in [0.29, 0.717) is 19.4 Å². The van der Waals surface area contributed by atoms with Gasteiger partial charge in [-0.2, -0.15) is 0 Å². The molecule has 0 aromatic rings. The predicted molar refractivity (Wildman–Crippen MR) is 315 cm³/mol. The lowest BCUT2D eigenvalue weighted by Crippen LogP contribution is -2.45. The molecule has 0 radical (unpaired) electrons. The number of esters is 1. The lowest BCUT2D eigenvalue weighted by atomic mass is 10.0. The highest BCUT2D eigenvalue weighted by molar-refractivity contribution is 5.76. The third-order valence-corrected chi connectivity index (χ3v) is 14.6. The SMILES string of the molecule is CCCCCC/C=C\CCCCCCCC(=O)OCCCCCCCCCCC/C=C\C/C=C\CCCCCCCCCCCCCC(=O)NC(CO)C(O)/C=C/CCCCCCCCCCCCCCC. The number of allylic oxidation sites excluding steroid dienone is 7. The largest absolute Gasteiger partial charge is 0.466 e. The van der Waals surface area contributed by atoms with Crippen LogP contribution in [0.2, 0.25) is 0 Å². The molecule has 422 valence electrons. The molecule has 0 saturated heterocycles. The normalized spacial score (nSPS) is 12.9. The van der Waals surface area contributed by atoms with Crippen molar-refractivity contribution in [3.05, 3.63) is 48.6 Å². The Morgan fingerprint density at radius 1 is 0.389 bits per heavy atom. The number of rotatable bonds is 59. The highest BCUT2D eigenvalue weighted by Crippen LogP contribution is 2.17. The number of carbonyl (C=O) groups excluding carboxylic acids is 2. The molecule has 0 aliphatic carbocycles. The fraction of sp³-hybridized carbons (Fsp3) is 0.848. The van der Waals surface area contributed by atoms with E-state index in [1.54, 1.807) is 6.08 Å². The summed E-state index contributed by atoms with van der Waals surface area (Å²) in [4.78, 5) is 24.5. The summed E-state index contributed by atoms with van der Waals surface area (Å²) in [5.74, 6) is -0.0697. The summed E-state index contributed by atoms with van der Waals surface area (Å²) in [6, 6.07) is -0.631. The Morgan fingerprint density at radius 3 is 1.08 bits per heavy atom. The lowest BCUT2D eigenvalue weighted by molar-refractivity contribution is -0.143. The average molecular weight is 1010 g/mol. The number of aliphatic hydroxyl groups is 2. The van der Waals surface area contributed by atoms with Crippen LogP contribution < -0.4 is 5.32 Å². The smallest absolute Gasteiger partial charge is 0.305 e. The van der Waals surface area contributed by atoms with E-state index < -0.39 is 12.1 Å². The van der Waals surface area contributed by atoms with Crippen LogP contribution in [0.3, 0.4) is 0 Å². The maximum atomic E-state index is 12.5. The first-order valence-electron chi connectivity index (χ1n) is 31.9. The molecular formula is C66H123NO5. The van der Waals surface area contributed by atoms with Crippen LogP contribution in [-0.4, -0.2) is 47.4 Å². The number of hydrogen-bond acceptors (Lipinski definition) is 5. The van der Waals surface area contributed by atoms with Crippen molar-refractivity contribution in [2.24, 2.45) is 0 Å². The topological polar surface area (TPSA) is 95.9 Å². The molecule has 6 nitrogen and oxygen atoms in total. The minimum Gasteiger partial charge on any atom is -0.466 e. The van der Waals surface area contributed by atoms with Crippen molar-refractivity contribution in [3.63, 3.8) is 0 Å². The Balaban J connectivity index is 3.45. The van der Waals surface area contributed by atoms with Gasteiger partial charge >= 0.3 is 5.97 Å². The van der Waals surface area contributed by atoms with Gasteiger partial charge in [0.1, 0.15) is 0 Å². The maximum absolute atomic E-state index is 12.5. The summed E-state index contributed by atoms with van der Waals surface area (Å²) in [6.45, 7) is 4.89. The summed E-state index contributed by atoms with van der Waals surface area (Å²) < 4.78 is 5.47. The van der Waals surface area contributed by atoms with Crippen molar-refractivity contribution >= 4 is 11.9 Å². The number of aliphatic hydroxyl groups excluding tert-OH is 2. The van der Waals surface area contributed by atoms with Crippen LogP contribution in [0.5, 0.6) is 0 Å². The van der Waals surface area contributed by atoms with Gasteiger partial charge in [0, 0.05) is 12.8 Å². The molecule has 6 heteroatoms. The molecule has 2 atom stereocenters. The molecule has 0 fully saturated rings. The van der Waals surface area contributed by atoms with Crippen molar-refractivity contribution in [3.8, 4) is 0 Å². The van der Waals surface area contributed by atoms with Crippen molar-refractivity contribution in [2.45, 2.75) is 347 Å². The van der Waals surface area contributed by atoms with Crippen molar-refractivity contribution in [1.82, 2.24) is 5.32 Å². The monoisotopic (exact) mass is 1010 g/mol. The molecule has 0 aliphatic rings. The van der Waals surface area contributed by atoms with Gasteiger partial charge in [0.05, 0.1) is 25.4 Å². The summed E-state index contributed by atoms with van der Waals surface area (Å²) in [6.07, 6.45) is 78.7. The van der Waals surface area contributed by atoms with Crippen LogP contribution in [-0.2, 0) is 14.3 Å². The first kappa shape index (κ1) is 69.8. The van der Waals surface area contributed by atoms with Gasteiger partial charge < -0.3 is 20.3 Å². The molecule has 72 heavy (non-hydrogen) atoms. The summed E-state index contributed by atoms with van der Waals surface area (Å²) in [7, 11) is 0. The molecule has 3 N–H and O–H groups in total. The molecule has 0 saturated carbocycles. The van der Waals surface area contributed by atoms with E-state index in [1.165, 1.54) is 257 Å². The van der Waals surface area contributed by atoms with E-state index in [-0.39, 0.29) is 18.5 Å². The molecule has 2 unspecified atom stereocenters. The number of nitrogens with one attached hydrogen (secondary N) is 1. The maximum Gasteiger partial charge on any atom is 0.305 e. The van der Waals surface area contributed by atoms with E-state index in [0.717, 1.165) is 51.4 Å². The van der Waals surface area contributed by atoms with Crippen molar-refractivity contribution in [2.75, 3.05) is 13.2 Å². The van der Waals surface area contributed by atoms with E-state index in [1.807, 2.05) is 6.08 Å². The third-order valence-electron chi connectivity index (χ3n) is 14.6. The van der Waals surface area contributed by atoms with E-state index in [4.69, 9.17) is 4.74 Å². The Hall–Kier alpha value is -2.18. The molecule has 0 aromatic carbocycles. The fourth-order valence-electron chi connectivity index (χ4n) is 9.66. The molecule has 0 heterocycles. The van der Waals surface area contributed by atoms with Gasteiger partial charge in [-0.15, -0.1) is 0 Å². The minimum atomic E-state index is -0.847. The predicted octanol–water partition coefficient (Wildman–Crippen LogP) is 20.1. The lowest BCUT2D eigenvalue weighted by Gasteiger charge is -2.20. The van der Waals surface area contributed by atoms with E-state index in [9.17, 15) is 19.8 Å². The van der Waals surface area contributed by atoms with E-state index >= 15 is 0 Å². The van der Waals surface area contributed by atoms with Crippen LogP contribution in [0.25, 0.3) is 0 Å². The van der Waals surface area contributed by atoms with Crippen LogP contribution in [0, 0.1) is 0 Å². The van der Waals surface area contributed by atoms with Gasteiger partial charge in [-0.25, -0.2) is 0 Å². The second kappa shape index (κ2) is 61.4. The van der Waals surface area contributed by atoms with Crippen LogP contribution >= 0.6 is 0 Å². The number of ether oxygens (including phenoxy) is 1. The molecule has 0 aliphatic heterocycles. The second-order valence-corrected chi connectivity index (χ2v) is 21.7. The molecule has 0 aromatic heterocycles. The zero-order valence-corrected chi connectivity index (χ0v) is 48.2. The van der Waals surface area contributed by atoms with Gasteiger partial charge in [-0.1, -0.05) is 281 Å². The molecular weight excluding hydrogens is 887 g/mol. The summed E-state index contributed by atoms with van der Waals surface area (Å²) >= 11 is 0. The Labute approximate surface area is 448 Å². The van der Waals surface area contributed by atoms with Gasteiger partial charge in [0.15, 0.2) is 0 Å². The van der Waals surface area contributed by atoms with Crippen LogP contribution in [0.1, 0.15) is 335 Å². The van der Waals surface area contributed by atoms with Gasteiger partial charge in [0.25, 0.3) is 0 Å². The van der Waals surface area contributed by atoms with Crippen LogP contribution in [0.4, 0.5) is 0 Å².